The molecule has 1 rings (SSSR count). The van der Waals surface area contributed by atoms with Crippen molar-refractivity contribution in [3.8, 4) is 0 Å². The Morgan fingerprint density at radius 3 is 3.00 bits per heavy atom. The molecule has 1 aromatic rings. The summed E-state index contributed by atoms with van der Waals surface area (Å²) in [6.07, 6.45) is 5.26. The molecule has 0 amide bonds. The molecule has 1 unspecified atom stereocenters. The van der Waals surface area contributed by atoms with E-state index < -0.39 is 6.10 Å². The summed E-state index contributed by atoms with van der Waals surface area (Å²) in [7, 11) is 0. The number of aliphatic hydroxyl groups is 1. The highest BCUT2D eigenvalue weighted by atomic mass is 16.3. The van der Waals surface area contributed by atoms with E-state index >= 15 is 0 Å². The van der Waals surface area contributed by atoms with Gasteiger partial charge in [0.1, 0.15) is 6.10 Å². The zero-order chi connectivity index (χ0) is 9.52. The van der Waals surface area contributed by atoms with E-state index in [0.29, 0.717) is 12.2 Å². The van der Waals surface area contributed by atoms with Crippen LogP contribution in [0.2, 0.25) is 0 Å². The van der Waals surface area contributed by atoms with Crippen molar-refractivity contribution in [2.75, 3.05) is 13.1 Å². The van der Waals surface area contributed by atoms with Crippen LogP contribution in [0, 0.1) is 0 Å². The van der Waals surface area contributed by atoms with Crippen molar-refractivity contribution in [3.05, 3.63) is 24.3 Å². The van der Waals surface area contributed by atoms with Gasteiger partial charge in [0.15, 0.2) is 0 Å². The largest absolute Gasteiger partial charge is 0.385 e. The van der Waals surface area contributed by atoms with E-state index in [2.05, 4.69) is 22.2 Å². The molecule has 0 fully saturated rings. The summed E-state index contributed by atoms with van der Waals surface area (Å²) in [5.41, 5.74) is 0.617. The minimum absolute atomic E-state index is 0.534. The Hall–Kier alpha value is -1.00. The van der Waals surface area contributed by atoms with Gasteiger partial charge in [-0.15, -0.1) is 0 Å². The van der Waals surface area contributed by atoms with Crippen LogP contribution < -0.4 is 5.32 Å². The van der Waals surface area contributed by atoms with Crippen molar-refractivity contribution in [1.29, 1.82) is 0 Å². The number of nitrogens with one attached hydrogen (secondary N) is 1. The first-order valence-electron chi connectivity index (χ1n) is 4.49. The van der Waals surface area contributed by atoms with E-state index in [0.717, 1.165) is 13.0 Å². The van der Waals surface area contributed by atoms with Crippen LogP contribution in [0.1, 0.15) is 25.1 Å². The summed E-state index contributed by atoms with van der Waals surface area (Å²) in [5, 5.41) is 12.7. The minimum atomic E-state index is -0.555. The lowest BCUT2D eigenvalue weighted by molar-refractivity contribution is 0.170. The molecule has 13 heavy (non-hydrogen) atoms. The lowest BCUT2D eigenvalue weighted by Crippen LogP contribution is -2.22. The Labute approximate surface area is 78.0 Å². The first-order valence-corrected chi connectivity index (χ1v) is 4.49. The van der Waals surface area contributed by atoms with E-state index in [1.807, 2.05) is 0 Å². The SMILES string of the molecule is CCCNCC(O)c1cnccn1. The molecule has 1 aromatic heterocycles. The molecule has 0 radical (unpaired) electrons. The van der Waals surface area contributed by atoms with Crippen LogP contribution in [-0.2, 0) is 0 Å². The molecule has 0 bridgehead atoms. The molecular weight excluding hydrogens is 166 g/mol. The summed E-state index contributed by atoms with van der Waals surface area (Å²) in [5.74, 6) is 0. The third kappa shape index (κ3) is 3.48. The number of nitrogens with zero attached hydrogens (tertiary/aromatic N) is 2. The second kappa shape index (κ2) is 5.61. The van der Waals surface area contributed by atoms with E-state index in [4.69, 9.17) is 0 Å². The molecule has 0 saturated heterocycles. The summed E-state index contributed by atoms with van der Waals surface area (Å²) in [6.45, 7) is 3.53. The standard InChI is InChI=1S/C9H15N3O/c1-2-3-10-7-9(13)8-6-11-4-5-12-8/h4-6,9-10,13H,2-3,7H2,1H3. The Morgan fingerprint density at radius 2 is 2.38 bits per heavy atom. The minimum Gasteiger partial charge on any atom is -0.385 e. The maximum Gasteiger partial charge on any atom is 0.110 e. The summed E-state index contributed by atoms with van der Waals surface area (Å²) >= 11 is 0. The van der Waals surface area contributed by atoms with Crippen molar-refractivity contribution in [2.24, 2.45) is 0 Å². The molecule has 2 N–H and O–H groups in total. The predicted molar refractivity (Wildman–Crippen MR) is 50.2 cm³/mol. The number of aliphatic hydroxyl groups excluding tert-OH is 1. The van der Waals surface area contributed by atoms with Gasteiger partial charge in [-0.2, -0.15) is 0 Å². The highest BCUT2D eigenvalue weighted by Crippen LogP contribution is 2.05. The number of hydrogen-bond donors (Lipinski definition) is 2. The van der Waals surface area contributed by atoms with E-state index in [-0.39, 0.29) is 0 Å². The lowest BCUT2D eigenvalue weighted by atomic mass is 10.2. The smallest absolute Gasteiger partial charge is 0.110 e. The Morgan fingerprint density at radius 1 is 1.54 bits per heavy atom. The van der Waals surface area contributed by atoms with Gasteiger partial charge < -0.3 is 10.4 Å². The predicted octanol–water partition coefficient (Wildman–Crippen LogP) is 0.510. The third-order valence-electron chi connectivity index (χ3n) is 1.69. The van der Waals surface area contributed by atoms with Gasteiger partial charge in [0, 0.05) is 18.9 Å². The molecule has 4 nitrogen and oxygen atoms in total. The van der Waals surface area contributed by atoms with Gasteiger partial charge in [0.25, 0.3) is 0 Å². The fourth-order valence-electron chi connectivity index (χ4n) is 1.00. The number of rotatable bonds is 5. The first-order chi connectivity index (χ1) is 6.34. The third-order valence-corrected chi connectivity index (χ3v) is 1.69. The average molecular weight is 181 g/mol. The highest BCUT2D eigenvalue weighted by Gasteiger charge is 2.06. The monoisotopic (exact) mass is 181 g/mol. The highest BCUT2D eigenvalue weighted by molar-refractivity contribution is 4.99. The zero-order valence-corrected chi connectivity index (χ0v) is 7.77. The maximum atomic E-state index is 9.58. The van der Waals surface area contributed by atoms with Gasteiger partial charge in [-0.25, -0.2) is 0 Å². The summed E-state index contributed by atoms with van der Waals surface area (Å²) in [4.78, 5) is 7.89. The number of hydrogen-bond acceptors (Lipinski definition) is 4. The van der Waals surface area contributed by atoms with Gasteiger partial charge in [0.2, 0.25) is 0 Å². The molecule has 72 valence electrons. The Kier molecular flexibility index (Phi) is 4.35. The fourth-order valence-corrected chi connectivity index (χ4v) is 1.00. The Balaban J connectivity index is 2.35. The molecule has 1 atom stereocenters. The average Bonchev–Trinajstić information content (AvgIpc) is 2.19. The fraction of sp³-hybridized carbons (Fsp3) is 0.556. The van der Waals surface area contributed by atoms with Gasteiger partial charge in [-0.1, -0.05) is 6.92 Å². The van der Waals surface area contributed by atoms with Gasteiger partial charge in [-0.3, -0.25) is 9.97 Å². The molecule has 1 heterocycles. The first kappa shape index (κ1) is 10.1. The molecule has 0 aliphatic carbocycles. The summed E-state index contributed by atoms with van der Waals surface area (Å²) < 4.78 is 0. The number of aromatic nitrogens is 2. The maximum absolute atomic E-state index is 9.58. The van der Waals surface area contributed by atoms with Crippen LogP contribution in [0.25, 0.3) is 0 Å². The van der Waals surface area contributed by atoms with Crippen LogP contribution in [0.15, 0.2) is 18.6 Å². The van der Waals surface area contributed by atoms with Crippen LogP contribution >= 0.6 is 0 Å². The van der Waals surface area contributed by atoms with E-state index in [1.54, 1.807) is 18.6 Å². The second-order valence-corrected chi connectivity index (χ2v) is 2.85. The van der Waals surface area contributed by atoms with E-state index in [1.165, 1.54) is 0 Å². The molecule has 0 aliphatic rings. The molecule has 0 aliphatic heterocycles. The molecule has 0 aromatic carbocycles. The zero-order valence-electron chi connectivity index (χ0n) is 7.77. The summed E-state index contributed by atoms with van der Waals surface area (Å²) in [6, 6.07) is 0. The van der Waals surface area contributed by atoms with Crippen molar-refractivity contribution in [2.45, 2.75) is 19.4 Å². The van der Waals surface area contributed by atoms with Crippen molar-refractivity contribution >= 4 is 0 Å². The molecular formula is C9H15N3O. The van der Waals surface area contributed by atoms with E-state index in [9.17, 15) is 5.11 Å². The van der Waals surface area contributed by atoms with Gasteiger partial charge in [0.05, 0.1) is 11.9 Å². The second-order valence-electron chi connectivity index (χ2n) is 2.85. The normalized spacial score (nSPS) is 12.8. The Bertz CT molecular complexity index is 228. The van der Waals surface area contributed by atoms with Crippen LogP contribution in [-0.4, -0.2) is 28.2 Å². The van der Waals surface area contributed by atoms with Gasteiger partial charge in [-0.05, 0) is 13.0 Å². The topological polar surface area (TPSA) is 58.0 Å². The van der Waals surface area contributed by atoms with Crippen molar-refractivity contribution < 1.29 is 5.11 Å². The van der Waals surface area contributed by atoms with Crippen LogP contribution in [0.3, 0.4) is 0 Å². The van der Waals surface area contributed by atoms with Crippen molar-refractivity contribution in [1.82, 2.24) is 15.3 Å². The van der Waals surface area contributed by atoms with Gasteiger partial charge >= 0.3 is 0 Å². The molecule has 4 heteroatoms. The van der Waals surface area contributed by atoms with Crippen molar-refractivity contribution in [3.63, 3.8) is 0 Å². The van der Waals surface area contributed by atoms with Crippen LogP contribution in [0.5, 0.6) is 0 Å². The molecule has 0 saturated carbocycles. The molecule has 0 spiro atoms. The van der Waals surface area contributed by atoms with Crippen LogP contribution in [0.4, 0.5) is 0 Å². The lowest BCUT2D eigenvalue weighted by Gasteiger charge is -2.09. The quantitative estimate of drug-likeness (QED) is 0.650.